The van der Waals surface area contributed by atoms with E-state index >= 15 is 0 Å². The average molecular weight is 483 g/mol. The summed E-state index contributed by atoms with van der Waals surface area (Å²) in [5.74, 6) is 0.510. The van der Waals surface area contributed by atoms with Crippen LogP contribution in [0.4, 0.5) is 0 Å². The summed E-state index contributed by atoms with van der Waals surface area (Å²) in [6, 6.07) is 8.28. The number of benzene rings is 1. The molecular weight excluding hydrogens is 436 g/mol. The number of nitrogens with one attached hydrogen (secondary N) is 2. The number of allylic oxidation sites excluding steroid dienone is 1. The van der Waals surface area contributed by atoms with Crippen LogP contribution in [0.25, 0.3) is 0 Å². The van der Waals surface area contributed by atoms with Crippen LogP contribution in [0.3, 0.4) is 0 Å². The quantitative estimate of drug-likeness (QED) is 0.339. The molecule has 1 fully saturated rings. The highest BCUT2D eigenvalue weighted by Crippen LogP contribution is 2.40. The second-order valence-electron chi connectivity index (χ2n) is 10.6. The molecule has 35 heavy (non-hydrogen) atoms. The highest BCUT2D eigenvalue weighted by molar-refractivity contribution is 5.96. The van der Waals surface area contributed by atoms with Gasteiger partial charge in [-0.25, -0.2) is 0 Å². The Morgan fingerprint density at radius 2 is 2.03 bits per heavy atom. The monoisotopic (exact) mass is 482 g/mol. The normalized spacial score (nSPS) is 21.3. The predicted molar refractivity (Wildman–Crippen MR) is 143 cm³/mol. The molecular formula is C30H46N2O3. The highest BCUT2D eigenvalue weighted by atomic mass is 16.5. The van der Waals surface area contributed by atoms with Gasteiger partial charge in [0.1, 0.15) is 0 Å². The Bertz CT molecular complexity index is 859. The fourth-order valence-corrected chi connectivity index (χ4v) is 5.80. The third kappa shape index (κ3) is 8.03. The number of methoxy groups -OCH3 is 1. The van der Waals surface area contributed by atoms with Crippen LogP contribution in [0.15, 0.2) is 48.1 Å². The lowest BCUT2D eigenvalue weighted by molar-refractivity contribution is -0.118. The van der Waals surface area contributed by atoms with Crippen LogP contribution in [-0.2, 0) is 15.1 Å². The first-order valence-corrected chi connectivity index (χ1v) is 13.6. The zero-order valence-electron chi connectivity index (χ0n) is 22.0. The van der Waals surface area contributed by atoms with Crippen molar-refractivity contribution in [3.8, 4) is 0 Å². The molecule has 5 heteroatoms. The Morgan fingerprint density at radius 1 is 1.23 bits per heavy atom. The minimum absolute atomic E-state index is 0.0343. The number of ether oxygens (including phenoxy) is 1. The Morgan fingerprint density at radius 3 is 2.74 bits per heavy atom. The Balaban J connectivity index is 1.75. The SMILES string of the molecule is CNC[C@H](CC1CCCCC1)NC(=O)C1=CC([C@@](O)(CCCCOC)c2cccc(C)c2)CC=C1. The fourth-order valence-electron chi connectivity index (χ4n) is 5.80. The van der Waals surface area contributed by atoms with Gasteiger partial charge in [-0.15, -0.1) is 0 Å². The number of amides is 1. The maximum Gasteiger partial charge on any atom is 0.251 e. The molecule has 194 valence electrons. The Hall–Kier alpha value is -1.95. The van der Waals surface area contributed by atoms with E-state index in [9.17, 15) is 9.90 Å². The van der Waals surface area contributed by atoms with Crippen LogP contribution in [0.1, 0.15) is 75.3 Å². The molecule has 0 radical (unpaired) electrons. The van der Waals surface area contributed by atoms with E-state index in [-0.39, 0.29) is 17.9 Å². The van der Waals surface area contributed by atoms with E-state index < -0.39 is 5.60 Å². The summed E-state index contributed by atoms with van der Waals surface area (Å²) in [4.78, 5) is 13.3. The van der Waals surface area contributed by atoms with Gasteiger partial charge in [-0.1, -0.05) is 80.2 Å². The topological polar surface area (TPSA) is 70.6 Å². The molecule has 1 saturated carbocycles. The summed E-state index contributed by atoms with van der Waals surface area (Å²) in [5.41, 5.74) is 1.69. The third-order valence-corrected chi connectivity index (χ3v) is 7.75. The molecule has 1 aromatic rings. The number of rotatable bonds is 13. The van der Waals surface area contributed by atoms with Crippen molar-refractivity contribution in [2.24, 2.45) is 11.8 Å². The van der Waals surface area contributed by atoms with Crippen molar-refractivity contribution in [2.45, 2.75) is 82.8 Å². The zero-order chi connectivity index (χ0) is 25.1. The van der Waals surface area contributed by atoms with Crippen LogP contribution in [0.2, 0.25) is 0 Å². The summed E-state index contributed by atoms with van der Waals surface area (Å²) < 4.78 is 5.22. The predicted octanol–water partition coefficient (Wildman–Crippen LogP) is 5.18. The molecule has 3 N–H and O–H groups in total. The molecule has 3 rings (SSSR count). The van der Waals surface area contributed by atoms with E-state index in [2.05, 4.69) is 29.7 Å². The van der Waals surface area contributed by atoms with Gasteiger partial charge in [0.25, 0.3) is 5.91 Å². The van der Waals surface area contributed by atoms with Crippen LogP contribution in [0.5, 0.6) is 0 Å². The van der Waals surface area contributed by atoms with E-state index in [0.717, 1.165) is 36.9 Å². The Labute approximate surface area is 212 Å². The smallest absolute Gasteiger partial charge is 0.251 e. The van der Waals surface area contributed by atoms with Crippen molar-refractivity contribution in [3.63, 3.8) is 0 Å². The van der Waals surface area contributed by atoms with Crippen molar-refractivity contribution >= 4 is 5.91 Å². The van der Waals surface area contributed by atoms with Crippen molar-refractivity contribution in [3.05, 3.63) is 59.2 Å². The third-order valence-electron chi connectivity index (χ3n) is 7.75. The molecule has 1 unspecified atom stereocenters. The molecule has 0 heterocycles. The van der Waals surface area contributed by atoms with E-state index in [0.29, 0.717) is 30.9 Å². The molecule has 0 spiro atoms. The molecule has 0 bridgehead atoms. The van der Waals surface area contributed by atoms with Crippen LogP contribution >= 0.6 is 0 Å². The molecule has 5 nitrogen and oxygen atoms in total. The number of likely N-dealkylation sites (N-methyl/N-ethyl adjacent to an activating group) is 1. The summed E-state index contributed by atoms with van der Waals surface area (Å²) in [7, 11) is 3.66. The minimum atomic E-state index is -1.03. The second-order valence-corrected chi connectivity index (χ2v) is 10.6. The molecule has 3 atom stereocenters. The van der Waals surface area contributed by atoms with Crippen LogP contribution in [-0.4, -0.2) is 44.4 Å². The van der Waals surface area contributed by atoms with Gasteiger partial charge < -0.3 is 20.5 Å². The maximum atomic E-state index is 13.3. The zero-order valence-corrected chi connectivity index (χ0v) is 22.0. The molecule has 1 amide bonds. The van der Waals surface area contributed by atoms with Crippen molar-refractivity contribution in [1.82, 2.24) is 10.6 Å². The molecule has 2 aliphatic rings. The molecule has 0 saturated heterocycles. The van der Waals surface area contributed by atoms with Gasteiger partial charge in [-0.3, -0.25) is 4.79 Å². The van der Waals surface area contributed by atoms with Gasteiger partial charge in [0, 0.05) is 37.8 Å². The fraction of sp³-hybridized carbons (Fsp3) is 0.633. The number of carbonyl (C=O) groups is 1. The number of carbonyl (C=O) groups excluding carboxylic acids is 1. The van der Waals surface area contributed by atoms with Gasteiger partial charge >= 0.3 is 0 Å². The number of unbranched alkanes of at least 4 members (excludes halogenated alkanes) is 1. The van der Waals surface area contributed by atoms with E-state index in [1.165, 1.54) is 32.1 Å². The number of aryl methyl sites for hydroxylation is 1. The van der Waals surface area contributed by atoms with E-state index in [1.54, 1.807) is 7.11 Å². The van der Waals surface area contributed by atoms with Gasteiger partial charge in [0.2, 0.25) is 0 Å². The van der Waals surface area contributed by atoms with Crippen LogP contribution < -0.4 is 10.6 Å². The summed E-state index contributed by atoms with van der Waals surface area (Å²) in [5, 5.41) is 18.6. The number of aliphatic hydroxyl groups is 1. The minimum Gasteiger partial charge on any atom is -0.385 e. The van der Waals surface area contributed by atoms with Crippen molar-refractivity contribution in [2.75, 3.05) is 27.3 Å². The number of hydrogen-bond acceptors (Lipinski definition) is 4. The van der Waals surface area contributed by atoms with E-state index in [1.807, 2.05) is 37.4 Å². The van der Waals surface area contributed by atoms with Gasteiger partial charge in [0.05, 0.1) is 5.60 Å². The first-order chi connectivity index (χ1) is 17.0. The average Bonchev–Trinajstić information content (AvgIpc) is 2.87. The largest absolute Gasteiger partial charge is 0.385 e. The molecule has 0 aromatic heterocycles. The second kappa shape index (κ2) is 14.0. The van der Waals surface area contributed by atoms with Crippen LogP contribution in [0, 0.1) is 18.8 Å². The maximum absolute atomic E-state index is 13.3. The Kier molecular flexibility index (Phi) is 11.0. The lowest BCUT2D eigenvalue weighted by Crippen LogP contribution is -2.43. The van der Waals surface area contributed by atoms with Gasteiger partial charge in [0.15, 0.2) is 0 Å². The lowest BCUT2D eigenvalue weighted by atomic mass is 9.73. The summed E-state index contributed by atoms with van der Waals surface area (Å²) >= 11 is 0. The lowest BCUT2D eigenvalue weighted by Gasteiger charge is -2.37. The van der Waals surface area contributed by atoms with Gasteiger partial charge in [-0.05, 0) is 57.6 Å². The molecule has 2 aliphatic carbocycles. The van der Waals surface area contributed by atoms with E-state index in [4.69, 9.17) is 4.74 Å². The molecule has 0 aliphatic heterocycles. The molecule has 1 aromatic carbocycles. The van der Waals surface area contributed by atoms with Crippen molar-refractivity contribution in [1.29, 1.82) is 0 Å². The first-order valence-electron chi connectivity index (χ1n) is 13.6. The first kappa shape index (κ1) is 27.6. The number of hydrogen-bond donors (Lipinski definition) is 3. The highest BCUT2D eigenvalue weighted by Gasteiger charge is 2.38. The standard InChI is InChI=1S/C30H46N2O3/c1-23-11-9-15-26(19-23)30(34,17-7-8-18-35-3)27-16-10-14-25(21-27)29(33)32-28(22-31-2)20-24-12-5-4-6-13-24/h9-11,14-15,19,21,24,27-28,31,34H,4-8,12-13,16-18,20,22H2,1-3H3,(H,32,33)/t27?,28-,30+/m0/s1. The van der Waals surface area contributed by atoms with Crippen molar-refractivity contribution < 1.29 is 14.6 Å². The van der Waals surface area contributed by atoms with Gasteiger partial charge in [-0.2, -0.15) is 0 Å². The summed E-state index contributed by atoms with van der Waals surface area (Å²) in [6.07, 6.45) is 16.6. The summed E-state index contributed by atoms with van der Waals surface area (Å²) in [6.45, 7) is 3.51.